The molecule has 0 atom stereocenters. The summed E-state index contributed by atoms with van der Waals surface area (Å²) in [5.41, 5.74) is 1.98. The summed E-state index contributed by atoms with van der Waals surface area (Å²) in [7, 11) is 1.56. The minimum Gasteiger partial charge on any atom is -0.496 e. The van der Waals surface area contributed by atoms with E-state index in [0.29, 0.717) is 32.6 Å². The summed E-state index contributed by atoms with van der Waals surface area (Å²) in [6.45, 7) is 0. The number of hydrogen-bond acceptors (Lipinski definition) is 4. The number of hydrogen-bond donors (Lipinski definition) is 0. The number of methoxy groups -OCH3 is 1. The van der Waals surface area contributed by atoms with Crippen LogP contribution in [0.4, 0.5) is 0 Å². The van der Waals surface area contributed by atoms with E-state index in [2.05, 4.69) is 5.16 Å². The maximum atomic E-state index is 12.0. The van der Waals surface area contributed by atoms with Crippen LogP contribution in [0, 0.1) is 0 Å². The lowest BCUT2D eigenvalue weighted by atomic mass is 10.0. The number of carbonyl (C=O) groups excluding carboxylic acids is 1. The summed E-state index contributed by atoms with van der Waals surface area (Å²) < 4.78 is 5.29. The number of para-hydroxylation sites is 1. The molecular weight excluding hydrogens is 337 g/mol. The van der Waals surface area contributed by atoms with Crippen molar-refractivity contribution in [2.24, 2.45) is 5.16 Å². The Morgan fingerprint density at radius 1 is 1.17 bits per heavy atom. The van der Waals surface area contributed by atoms with Crippen molar-refractivity contribution >= 4 is 41.0 Å². The van der Waals surface area contributed by atoms with Crippen LogP contribution in [0.5, 0.6) is 5.75 Å². The van der Waals surface area contributed by atoms with Crippen molar-refractivity contribution in [3.05, 3.63) is 69.2 Å². The van der Waals surface area contributed by atoms with Gasteiger partial charge in [-0.2, -0.15) is 0 Å². The van der Waals surface area contributed by atoms with Gasteiger partial charge in [-0.05, 0) is 30.3 Å². The highest BCUT2D eigenvalue weighted by Crippen LogP contribution is 2.29. The van der Waals surface area contributed by atoms with Gasteiger partial charge in [0.15, 0.2) is 0 Å². The normalized spacial score (nSPS) is 15.5. The van der Waals surface area contributed by atoms with Crippen LogP contribution in [0.1, 0.15) is 11.1 Å². The highest BCUT2D eigenvalue weighted by atomic mass is 35.5. The van der Waals surface area contributed by atoms with E-state index in [1.807, 2.05) is 18.2 Å². The van der Waals surface area contributed by atoms with Crippen molar-refractivity contribution in [3.8, 4) is 5.75 Å². The highest BCUT2D eigenvalue weighted by molar-refractivity contribution is 6.40. The molecule has 0 unspecified atom stereocenters. The van der Waals surface area contributed by atoms with Crippen molar-refractivity contribution in [2.75, 3.05) is 7.11 Å². The second-order valence-electron chi connectivity index (χ2n) is 4.74. The zero-order valence-corrected chi connectivity index (χ0v) is 13.6. The number of ether oxygens (including phenoxy) is 1. The van der Waals surface area contributed by atoms with Gasteiger partial charge in [0.2, 0.25) is 0 Å². The van der Waals surface area contributed by atoms with E-state index in [9.17, 15) is 4.79 Å². The first kappa shape index (κ1) is 15.6. The molecule has 0 saturated heterocycles. The zero-order chi connectivity index (χ0) is 16.4. The van der Waals surface area contributed by atoms with Gasteiger partial charge in [-0.25, -0.2) is 4.79 Å². The molecule has 116 valence electrons. The van der Waals surface area contributed by atoms with E-state index < -0.39 is 5.97 Å². The Kier molecular flexibility index (Phi) is 4.37. The molecule has 23 heavy (non-hydrogen) atoms. The van der Waals surface area contributed by atoms with Gasteiger partial charge >= 0.3 is 5.97 Å². The van der Waals surface area contributed by atoms with E-state index in [4.69, 9.17) is 32.8 Å². The zero-order valence-electron chi connectivity index (χ0n) is 12.0. The molecule has 0 radical (unpaired) electrons. The van der Waals surface area contributed by atoms with Crippen molar-refractivity contribution in [2.45, 2.75) is 0 Å². The Hall–Kier alpha value is -2.30. The van der Waals surface area contributed by atoms with E-state index >= 15 is 0 Å². The molecule has 6 heteroatoms. The lowest BCUT2D eigenvalue weighted by molar-refractivity contribution is -0.136. The van der Waals surface area contributed by atoms with Crippen molar-refractivity contribution < 1.29 is 14.4 Å². The fourth-order valence-corrected chi connectivity index (χ4v) is 2.72. The van der Waals surface area contributed by atoms with Gasteiger partial charge in [0, 0.05) is 16.1 Å². The summed E-state index contributed by atoms with van der Waals surface area (Å²) >= 11 is 12.1. The van der Waals surface area contributed by atoms with Crippen molar-refractivity contribution in [3.63, 3.8) is 0 Å². The van der Waals surface area contributed by atoms with Crippen LogP contribution in [0.25, 0.3) is 6.08 Å². The highest BCUT2D eigenvalue weighted by Gasteiger charge is 2.28. The molecule has 4 nitrogen and oxygen atoms in total. The van der Waals surface area contributed by atoms with Crippen molar-refractivity contribution in [1.29, 1.82) is 0 Å². The molecule has 2 aromatic carbocycles. The van der Waals surface area contributed by atoms with Crippen LogP contribution < -0.4 is 4.74 Å². The number of carbonyl (C=O) groups is 1. The van der Waals surface area contributed by atoms with Crippen molar-refractivity contribution in [1.82, 2.24) is 0 Å². The second-order valence-corrected chi connectivity index (χ2v) is 5.59. The quantitative estimate of drug-likeness (QED) is 0.612. The van der Waals surface area contributed by atoms with E-state index in [1.165, 1.54) is 0 Å². The Bertz CT molecular complexity index is 843. The average Bonchev–Trinajstić information content (AvgIpc) is 2.89. The van der Waals surface area contributed by atoms with Gasteiger partial charge in [0.05, 0.1) is 17.7 Å². The number of rotatable bonds is 3. The molecule has 0 aromatic heterocycles. The predicted molar refractivity (Wildman–Crippen MR) is 90.1 cm³/mol. The standard InChI is InChI=1S/C17H11Cl2NO3/c1-22-15-5-3-2-4-10(15)8-13-16(20-23-17(13)21)12-7-6-11(18)9-14(12)19/h2-9H,1H3/b13-8-. The molecule has 1 aliphatic heterocycles. The molecule has 1 heterocycles. The van der Waals surface area contributed by atoms with Gasteiger partial charge < -0.3 is 9.57 Å². The third kappa shape index (κ3) is 3.09. The summed E-state index contributed by atoms with van der Waals surface area (Å²) in [5, 5.41) is 4.73. The summed E-state index contributed by atoms with van der Waals surface area (Å²) in [4.78, 5) is 16.8. The second kappa shape index (κ2) is 6.44. The van der Waals surface area contributed by atoms with Crippen LogP contribution >= 0.6 is 23.2 Å². The third-order valence-corrected chi connectivity index (χ3v) is 3.87. The fourth-order valence-electron chi connectivity index (χ4n) is 2.23. The number of halogens is 2. The van der Waals surface area contributed by atoms with E-state index in [0.717, 1.165) is 5.56 Å². The molecule has 0 aliphatic carbocycles. The largest absolute Gasteiger partial charge is 0.496 e. The SMILES string of the molecule is COc1ccccc1/C=C1\C(=O)ON=C1c1ccc(Cl)cc1Cl. The topological polar surface area (TPSA) is 47.9 Å². The Labute approximate surface area is 142 Å². The molecule has 3 rings (SSSR count). The molecule has 2 aromatic rings. The Morgan fingerprint density at radius 3 is 2.70 bits per heavy atom. The molecule has 0 amide bonds. The molecule has 0 fully saturated rings. The van der Waals surface area contributed by atoms with Gasteiger partial charge in [-0.3, -0.25) is 0 Å². The maximum Gasteiger partial charge on any atom is 0.368 e. The minimum atomic E-state index is -0.545. The van der Waals surface area contributed by atoms with Crippen LogP contribution in [0.15, 0.2) is 53.2 Å². The smallest absolute Gasteiger partial charge is 0.368 e. The van der Waals surface area contributed by atoms with Gasteiger partial charge in [-0.15, -0.1) is 0 Å². The number of benzene rings is 2. The van der Waals surface area contributed by atoms with Crippen LogP contribution in [0.2, 0.25) is 10.0 Å². The number of oxime groups is 1. The first-order valence-electron chi connectivity index (χ1n) is 6.70. The Morgan fingerprint density at radius 2 is 1.96 bits per heavy atom. The first-order chi connectivity index (χ1) is 11.1. The molecule has 0 spiro atoms. The Balaban J connectivity index is 2.08. The van der Waals surface area contributed by atoms with Crippen LogP contribution in [-0.4, -0.2) is 18.8 Å². The first-order valence-corrected chi connectivity index (χ1v) is 7.45. The summed E-state index contributed by atoms with van der Waals surface area (Å²) in [6.07, 6.45) is 1.66. The van der Waals surface area contributed by atoms with Crippen LogP contribution in [0.3, 0.4) is 0 Å². The lowest BCUT2D eigenvalue weighted by Gasteiger charge is -2.06. The molecule has 0 saturated carbocycles. The van der Waals surface area contributed by atoms with Gasteiger partial charge in [0.1, 0.15) is 11.5 Å². The molecular formula is C17H11Cl2NO3. The third-order valence-electron chi connectivity index (χ3n) is 3.32. The lowest BCUT2D eigenvalue weighted by Crippen LogP contribution is -2.07. The fraction of sp³-hybridized carbons (Fsp3) is 0.0588. The maximum absolute atomic E-state index is 12.0. The summed E-state index contributed by atoms with van der Waals surface area (Å²) in [6, 6.07) is 12.3. The van der Waals surface area contributed by atoms with E-state index in [1.54, 1.807) is 37.5 Å². The summed E-state index contributed by atoms with van der Waals surface area (Å²) in [5.74, 6) is 0.0955. The monoisotopic (exact) mass is 347 g/mol. The van der Waals surface area contributed by atoms with Gasteiger partial charge in [0.25, 0.3) is 0 Å². The number of nitrogens with zero attached hydrogens (tertiary/aromatic N) is 1. The molecule has 0 bridgehead atoms. The molecule has 1 aliphatic rings. The van der Waals surface area contributed by atoms with Crippen LogP contribution in [-0.2, 0) is 9.63 Å². The predicted octanol–water partition coefficient (Wildman–Crippen LogP) is 4.35. The van der Waals surface area contributed by atoms with E-state index in [-0.39, 0.29) is 0 Å². The average molecular weight is 348 g/mol. The van der Waals surface area contributed by atoms with Gasteiger partial charge in [-0.1, -0.05) is 46.6 Å². The minimum absolute atomic E-state index is 0.304. The molecule has 0 N–H and O–H groups in total.